The van der Waals surface area contributed by atoms with Crippen LogP contribution in [0.4, 0.5) is 0 Å². The van der Waals surface area contributed by atoms with Gasteiger partial charge in [0.25, 0.3) is 0 Å². The van der Waals surface area contributed by atoms with Crippen LogP contribution >= 0.6 is 0 Å². The van der Waals surface area contributed by atoms with Crippen LogP contribution in [0.15, 0.2) is 28.9 Å². The van der Waals surface area contributed by atoms with E-state index in [4.69, 9.17) is 14.9 Å². The van der Waals surface area contributed by atoms with E-state index >= 15 is 0 Å². The van der Waals surface area contributed by atoms with Crippen molar-refractivity contribution >= 4 is 0 Å². The highest BCUT2D eigenvalue weighted by atomic mass is 16.5. The average molecular weight is 259 g/mol. The Labute approximate surface area is 114 Å². The Morgan fingerprint density at radius 2 is 1.89 bits per heavy atom. The van der Waals surface area contributed by atoms with Crippen molar-refractivity contribution in [3.8, 4) is 5.75 Å². The zero-order valence-corrected chi connectivity index (χ0v) is 12.0. The third-order valence-electron chi connectivity index (χ3n) is 3.48. The Morgan fingerprint density at radius 1 is 1.26 bits per heavy atom. The first-order valence-corrected chi connectivity index (χ1v) is 6.55. The van der Waals surface area contributed by atoms with Gasteiger partial charge in [-0.2, -0.15) is 0 Å². The molecule has 1 atom stereocenters. The normalized spacial score (nSPS) is 12.5. The van der Waals surface area contributed by atoms with Crippen LogP contribution < -0.4 is 10.5 Å². The number of methoxy groups -OCH3 is 1. The van der Waals surface area contributed by atoms with Gasteiger partial charge in [-0.25, -0.2) is 0 Å². The molecule has 0 spiro atoms. The number of aryl methyl sites for hydroxylation is 3. The van der Waals surface area contributed by atoms with E-state index < -0.39 is 0 Å². The first-order chi connectivity index (χ1) is 9.08. The molecule has 0 saturated carbocycles. The van der Waals surface area contributed by atoms with Crippen molar-refractivity contribution in [2.24, 2.45) is 5.73 Å². The molecule has 0 aliphatic rings. The van der Waals surface area contributed by atoms with Gasteiger partial charge in [-0.3, -0.25) is 0 Å². The summed E-state index contributed by atoms with van der Waals surface area (Å²) in [4.78, 5) is 0. The smallest absolute Gasteiger partial charge is 0.124 e. The van der Waals surface area contributed by atoms with Crippen LogP contribution in [0.25, 0.3) is 0 Å². The second-order valence-corrected chi connectivity index (χ2v) is 4.82. The first kappa shape index (κ1) is 13.7. The molecule has 1 aromatic carbocycles. The number of nitrogens with two attached hydrogens (primary N) is 1. The summed E-state index contributed by atoms with van der Waals surface area (Å²) < 4.78 is 10.8. The zero-order valence-electron chi connectivity index (χ0n) is 12.0. The fraction of sp³-hybridized carbons (Fsp3) is 0.375. The molecule has 2 N–H and O–H groups in total. The van der Waals surface area contributed by atoms with Gasteiger partial charge in [0.2, 0.25) is 0 Å². The van der Waals surface area contributed by atoms with E-state index in [1.807, 2.05) is 19.9 Å². The third-order valence-corrected chi connectivity index (χ3v) is 3.48. The molecular weight excluding hydrogens is 238 g/mol. The van der Waals surface area contributed by atoms with Gasteiger partial charge in [0.1, 0.15) is 11.5 Å². The van der Waals surface area contributed by atoms with Crippen molar-refractivity contribution in [2.45, 2.75) is 33.2 Å². The Kier molecular flexibility index (Phi) is 3.96. The monoisotopic (exact) mass is 259 g/mol. The number of ether oxygens (including phenoxy) is 1. The highest BCUT2D eigenvalue weighted by Crippen LogP contribution is 2.30. The largest absolute Gasteiger partial charge is 0.496 e. The van der Waals surface area contributed by atoms with Gasteiger partial charge in [0.05, 0.1) is 19.4 Å². The predicted molar refractivity (Wildman–Crippen MR) is 76.6 cm³/mol. The Morgan fingerprint density at radius 3 is 2.42 bits per heavy atom. The summed E-state index contributed by atoms with van der Waals surface area (Å²) in [6.45, 7) is 6.15. The number of benzene rings is 1. The summed E-state index contributed by atoms with van der Waals surface area (Å²) in [6, 6.07) is 5.97. The van der Waals surface area contributed by atoms with E-state index in [0.717, 1.165) is 40.2 Å². The van der Waals surface area contributed by atoms with Gasteiger partial charge in [-0.1, -0.05) is 19.1 Å². The molecule has 0 aliphatic carbocycles. The van der Waals surface area contributed by atoms with Crippen LogP contribution in [0, 0.1) is 13.8 Å². The number of hydrogen-bond donors (Lipinski definition) is 1. The topological polar surface area (TPSA) is 48.4 Å². The van der Waals surface area contributed by atoms with Gasteiger partial charge < -0.3 is 14.9 Å². The fourth-order valence-corrected chi connectivity index (χ4v) is 2.58. The summed E-state index contributed by atoms with van der Waals surface area (Å²) in [5.41, 5.74) is 10.7. The zero-order chi connectivity index (χ0) is 14.0. The molecule has 0 amide bonds. The van der Waals surface area contributed by atoms with Crippen molar-refractivity contribution < 1.29 is 9.15 Å². The minimum atomic E-state index is -0.156. The van der Waals surface area contributed by atoms with Crippen molar-refractivity contribution in [2.75, 3.05) is 7.11 Å². The lowest BCUT2D eigenvalue weighted by molar-refractivity contribution is 0.408. The van der Waals surface area contributed by atoms with Crippen molar-refractivity contribution in [3.63, 3.8) is 0 Å². The molecule has 0 aliphatic heterocycles. The second-order valence-electron chi connectivity index (χ2n) is 4.82. The Bertz CT molecular complexity index is 549. The van der Waals surface area contributed by atoms with Gasteiger partial charge in [0.15, 0.2) is 0 Å². The quantitative estimate of drug-likeness (QED) is 0.914. The maximum atomic E-state index is 6.37. The average Bonchev–Trinajstić information content (AvgIpc) is 2.85. The molecule has 19 heavy (non-hydrogen) atoms. The minimum Gasteiger partial charge on any atom is -0.496 e. The van der Waals surface area contributed by atoms with E-state index in [-0.39, 0.29) is 6.04 Å². The van der Waals surface area contributed by atoms with Crippen molar-refractivity contribution in [1.82, 2.24) is 0 Å². The van der Waals surface area contributed by atoms with E-state index in [2.05, 4.69) is 19.1 Å². The van der Waals surface area contributed by atoms with Crippen LogP contribution in [0.3, 0.4) is 0 Å². The van der Waals surface area contributed by atoms with Crippen LogP contribution in [-0.2, 0) is 6.42 Å². The van der Waals surface area contributed by atoms with Crippen LogP contribution in [0.2, 0.25) is 0 Å². The summed E-state index contributed by atoms with van der Waals surface area (Å²) in [7, 11) is 1.69. The molecule has 3 nitrogen and oxygen atoms in total. The molecule has 3 heteroatoms. The molecule has 1 aromatic heterocycles. The minimum absolute atomic E-state index is 0.156. The van der Waals surface area contributed by atoms with E-state index in [1.54, 1.807) is 13.4 Å². The molecule has 0 fully saturated rings. The number of furan rings is 1. The highest BCUT2D eigenvalue weighted by molar-refractivity contribution is 5.46. The van der Waals surface area contributed by atoms with Crippen molar-refractivity contribution in [1.29, 1.82) is 0 Å². The fourth-order valence-electron chi connectivity index (χ4n) is 2.58. The van der Waals surface area contributed by atoms with Gasteiger partial charge in [-0.05, 0) is 36.6 Å². The van der Waals surface area contributed by atoms with E-state index in [9.17, 15) is 0 Å². The lowest BCUT2D eigenvalue weighted by Crippen LogP contribution is -2.13. The predicted octanol–water partition coefficient (Wildman–Crippen LogP) is 3.52. The van der Waals surface area contributed by atoms with Crippen LogP contribution in [0.1, 0.15) is 41.0 Å². The molecule has 0 saturated heterocycles. The summed E-state index contributed by atoms with van der Waals surface area (Å²) in [5.74, 6) is 1.89. The molecule has 1 unspecified atom stereocenters. The van der Waals surface area contributed by atoms with E-state index in [0.29, 0.717) is 0 Å². The molecule has 0 bridgehead atoms. The van der Waals surface area contributed by atoms with Crippen molar-refractivity contribution in [3.05, 3.63) is 52.5 Å². The second kappa shape index (κ2) is 5.49. The van der Waals surface area contributed by atoms with Crippen LogP contribution in [0.5, 0.6) is 5.75 Å². The lowest BCUT2D eigenvalue weighted by atomic mass is 9.95. The molecule has 1 heterocycles. The Balaban J connectivity index is 2.42. The maximum Gasteiger partial charge on any atom is 0.124 e. The first-order valence-electron chi connectivity index (χ1n) is 6.55. The molecular formula is C16H21NO2. The lowest BCUT2D eigenvalue weighted by Gasteiger charge is -2.16. The summed E-state index contributed by atoms with van der Waals surface area (Å²) in [5, 5.41) is 0. The SMILES string of the molecule is CCc1occc1C(N)c1cc(C)c(OC)c(C)c1. The van der Waals surface area contributed by atoms with Gasteiger partial charge >= 0.3 is 0 Å². The number of rotatable bonds is 4. The van der Waals surface area contributed by atoms with E-state index in [1.165, 1.54) is 0 Å². The Hall–Kier alpha value is -1.74. The molecule has 0 radical (unpaired) electrons. The maximum absolute atomic E-state index is 6.37. The number of hydrogen-bond acceptors (Lipinski definition) is 3. The molecule has 102 valence electrons. The summed E-state index contributed by atoms with van der Waals surface area (Å²) in [6.07, 6.45) is 2.56. The summed E-state index contributed by atoms with van der Waals surface area (Å²) >= 11 is 0. The third kappa shape index (κ3) is 2.51. The standard InChI is InChI=1S/C16H21NO2/c1-5-14-13(6-7-19-14)15(17)12-8-10(2)16(18-4)11(3)9-12/h6-9,15H,5,17H2,1-4H3. The van der Waals surface area contributed by atoms with Gasteiger partial charge in [-0.15, -0.1) is 0 Å². The van der Waals surface area contributed by atoms with Crippen LogP contribution in [-0.4, -0.2) is 7.11 Å². The molecule has 2 aromatic rings. The van der Waals surface area contributed by atoms with Gasteiger partial charge in [0, 0.05) is 12.0 Å². The highest BCUT2D eigenvalue weighted by Gasteiger charge is 2.17. The molecule has 2 rings (SSSR count).